The largest absolute Gasteiger partial charge is 0.494 e. The van der Waals surface area contributed by atoms with E-state index in [9.17, 15) is 4.79 Å². The van der Waals surface area contributed by atoms with Crippen molar-refractivity contribution < 1.29 is 4.74 Å². The van der Waals surface area contributed by atoms with E-state index in [0.29, 0.717) is 17.6 Å². The minimum Gasteiger partial charge on any atom is -0.494 e. The van der Waals surface area contributed by atoms with Crippen molar-refractivity contribution in [3.8, 4) is 17.1 Å². The van der Waals surface area contributed by atoms with Crippen LogP contribution in [0.15, 0.2) is 46.5 Å². The van der Waals surface area contributed by atoms with Crippen LogP contribution < -0.4 is 10.3 Å². The first-order chi connectivity index (χ1) is 11.8. The predicted molar refractivity (Wildman–Crippen MR) is 89.9 cm³/mol. The van der Waals surface area contributed by atoms with Crippen LogP contribution in [0, 0.1) is 0 Å². The van der Waals surface area contributed by atoms with Crippen LogP contribution in [0.2, 0.25) is 0 Å². The molecule has 124 valence electrons. The van der Waals surface area contributed by atoms with Gasteiger partial charge in [0.1, 0.15) is 5.75 Å². The van der Waals surface area contributed by atoms with E-state index in [1.54, 1.807) is 0 Å². The van der Waals surface area contributed by atoms with Gasteiger partial charge in [0.05, 0.1) is 6.61 Å². The van der Waals surface area contributed by atoms with Crippen LogP contribution in [0.1, 0.15) is 12.8 Å². The number of unbranched alkanes of at least 4 members (excludes halogenated alkanes) is 1. The maximum absolute atomic E-state index is 11.1. The highest BCUT2D eigenvalue weighted by atomic mass is 32.2. The molecule has 0 unspecified atom stereocenters. The Kier molecular flexibility index (Phi) is 5.56. The van der Waals surface area contributed by atoms with Gasteiger partial charge in [-0.25, -0.2) is 4.98 Å². The van der Waals surface area contributed by atoms with Crippen LogP contribution in [0.25, 0.3) is 11.4 Å². The third-order valence-corrected chi connectivity index (χ3v) is 4.13. The van der Waals surface area contributed by atoms with Crippen molar-refractivity contribution in [2.45, 2.75) is 18.0 Å². The molecule has 0 saturated heterocycles. The van der Waals surface area contributed by atoms with Crippen LogP contribution in [-0.2, 0) is 0 Å². The van der Waals surface area contributed by atoms with Crippen LogP contribution in [-0.4, -0.2) is 43.0 Å². The molecule has 0 bridgehead atoms. The lowest BCUT2D eigenvalue weighted by molar-refractivity contribution is 0.310. The summed E-state index contributed by atoms with van der Waals surface area (Å²) in [6.45, 7) is 0.640. The summed E-state index contributed by atoms with van der Waals surface area (Å²) in [5.41, 5.74) is 0.761. The first-order valence-corrected chi connectivity index (χ1v) is 8.44. The Bertz CT molecular complexity index is 803. The third kappa shape index (κ3) is 4.66. The van der Waals surface area contributed by atoms with Crippen molar-refractivity contribution >= 4 is 11.8 Å². The highest BCUT2D eigenvalue weighted by Crippen LogP contribution is 2.19. The van der Waals surface area contributed by atoms with E-state index in [0.717, 1.165) is 29.9 Å². The van der Waals surface area contributed by atoms with Gasteiger partial charge >= 0.3 is 0 Å². The fraction of sp³-hybridized carbons (Fsp3) is 0.267. The molecule has 2 aromatic heterocycles. The lowest BCUT2D eigenvalue weighted by Gasteiger charge is -2.06. The number of benzene rings is 1. The molecule has 0 saturated carbocycles. The molecule has 3 aromatic rings. The summed E-state index contributed by atoms with van der Waals surface area (Å²) in [5, 5.41) is 14.5. The average molecular weight is 344 g/mol. The van der Waals surface area contributed by atoms with Crippen LogP contribution in [0.5, 0.6) is 5.75 Å². The molecule has 0 aliphatic heterocycles. The fourth-order valence-electron chi connectivity index (χ4n) is 1.97. The highest BCUT2D eigenvalue weighted by molar-refractivity contribution is 7.99. The molecule has 2 N–H and O–H groups in total. The van der Waals surface area contributed by atoms with E-state index in [1.165, 1.54) is 24.0 Å². The van der Waals surface area contributed by atoms with Crippen molar-refractivity contribution in [3.05, 3.63) is 46.9 Å². The highest BCUT2D eigenvalue weighted by Gasteiger charge is 2.03. The number of ether oxygens (including phenoxy) is 1. The second-order valence-corrected chi connectivity index (χ2v) is 5.99. The van der Waals surface area contributed by atoms with Gasteiger partial charge in [-0.05, 0) is 42.3 Å². The lowest BCUT2D eigenvalue weighted by Crippen LogP contribution is -2.05. The van der Waals surface area contributed by atoms with Gasteiger partial charge in [0.25, 0.3) is 5.56 Å². The zero-order valence-corrected chi connectivity index (χ0v) is 13.6. The number of nitrogens with one attached hydrogen (secondary N) is 2. The van der Waals surface area contributed by atoms with Crippen LogP contribution in [0.3, 0.4) is 0 Å². The summed E-state index contributed by atoms with van der Waals surface area (Å²) >= 11 is 1.54. The number of aromatic amines is 2. The second kappa shape index (κ2) is 8.25. The topological polar surface area (TPSA) is 109 Å². The Morgan fingerprint density at radius 3 is 2.75 bits per heavy atom. The summed E-state index contributed by atoms with van der Waals surface area (Å²) in [4.78, 5) is 17.9. The van der Waals surface area contributed by atoms with Gasteiger partial charge in [0, 0.05) is 23.6 Å². The van der Waals surface area contributed by atoms with Gasteiger partial charge in [0.15, 0.2) is 5.16 Å². The van der Waals surface area contributed by atoms with Gasteiger partial charge in [-0.1, -0.05) is 11.8 Å². The van der Waals surface area contributed by atoms with E-state index in [-0.39, 0.29) is 5.56 Å². The number of tetrazole rings is 1. The Morgan fingerprint density at radius 1 is 1.12 bits per heavy atom. The molecule has 0 aliphatic rings. The molecule has 1 aromatic carbocycles. The van der Waals surface area contributed by atoms with Gasteiger partial charge in [0.2, 0.25) is 5.82 Å². The molecule has 0 aliphatic carbocycles. The number of nitrogens with zero attached hydrogens (tertiary/aromatic N) is 4. The zero-order chi connectivity index (χ0) is 16.6. The van der Waals surface area contributed by atoms with Crippen molar-refractivity contribution in [1.82, 2.24) is 30.6 Å². The fourth-order valence-corrected chi connectivity index (χ4v) is 2.82. The molecule has 0 radical (unpaired) electrons. The number of rotatable bonds is 8. The first kappa shape index (κ1) is 16.2. The molecule has 24 heavy (non-hydrogen) atoms. The van der Waals surface area contributed by atoms with Crippen LogP contribution in [0.4, 0.5) is 0 Å². The van der Waals surface area contributed by atoms with Crippen molar-refractivity contribution in [3.63, 3.8) is 0 Å². The second-order valence-electron chi connectivity index (χ2n) is 4.90. The maximum Gasteiger partial charge on any atom is 0.251 e. The summed E-state index contributed by atoms with van der Waals surface area (Å²) in [5.74, 6) is 2.25. The summed E-state index contributed by atoms with van der Waals surface area (Å²) in [7, 11) is 0. The number of aromatic nitrogens is 6. The van der Waals surface area contributed by atoms with Gasteiger partial charge in [-0.2, -0.15) is 5.21 Å². The number of H-pyrrole nitrogens is 2. The standard InChI is InChI=1S/C15H16N6O2S/c22-13-7-8-16-15(17-13)24-10-2-1-9-23-12-5-3-11(4-6-12)14-18-20-21-19-14/h3-8H,1-2,9-10H2,(H,16,17,22)(H,18,19,20,21). The van der Waals surface area contributed by atoms with Crippen molar-refractivity contribution in [2.75, 3.05) is 12.4 Å². The Balaban J connectivity index is 1.35. The third-order valence-electron chi connectivity index (χ3n) is 3.15. The molecule has 3 rings (SSSR count). The van der Waals surface area contributed by atoms with Crippen molar-refractivity contribution in [2.24, 2.45) is 0 Å². The molecule has 0 fully saturated rings. The lowest BCUT2D eigenvalue weighted by atomic mass is 10.2. The summed E-state index contributed by atoms with van der Waals surface area (Å²) < 4.78 is 5.70. The Labute approximate surface area is 142 Å². The molecule has 2 heterocycles. The maximum atomic E-state index is 11.1. The predicted octanol–water partition coefficient (Wildman–Crippen LogP) is 1.90. The molecule has 8 nitrogen and oxygen atoms in total. The van der Waals surface area contributed by atoms with E-state index in [1.807, 2.05) is 24.3 Å². The zero-order valence-electron chi connectivity index (χ0n) is 12.8. The molecular formula is C15H16N6O2S. The molecular weight excluding hydrogens is 328 g/mol. The monoisotopic (exact) mass is 344 g/mol. The molecule has 0 amide bonds. The normalized spacial score (nSPS) is 10.7. The SMILES string of the molecule is O=c1ccnc(SCCCCOc2ccc(-c3nn[nH]n3)cc2)[nH]1. The minimum absolute atomic E-state index is 0.125. The summed E-state index contributed by atoms with van der Waals surface area (Å²) in [6.07, 6.45) is 3.42. The smallest absolute Gasteiger partial charge is 0.251 e. The van der Waals surface area contributed by atoms with Gasteiger partial charge in [-0.3, -0.25) is 4.79 Å². The number of thioether (sulfide) groups is 1. The first-order valence-electron chi connectivity index (χ1n) is 7.46. The number of hydrogen-bond acceptors (Lipinski definition) is 7. The molecule has 9 heteroatoms. The summed E-state index contributed by atoms with van der Waals surface area (Å²) in [6, 6.07) is 8.97. The minimum atomic E-state index is -0.125. The molecule has 0 spiro atoms. The van der Waals surface area contributed by atoms with Gasteiger partial charge in [-0.15, -0.1) is 10.2 Å². The van der Waals surface area contributed by atoms with E-state index in [4.69, 9.17) is 4.74 Å². The molecule has 0 atom stereocenters. The van der Waals surface area contributed by atoms with Gasteiger partial charge < -0.3 is 9.72 Å². The average Bonchev–Trinajstić information content (AvgIpc) is 3.13. The Hall–Kier alpha value is -2.68. The number of hydrogen-bond donors (Lipinski definition) is 2. The van der Waals surface area contributed by atoms with Crippen LogP contribution >= 0.6 is 11.8 Å². The van der Waals surface area contributed by atoms with E-state index >= 15 is 0 Å². The van der Waals surface area contributed by atoms with E-state index in [2.05, 4.69) is 30.6 Å². The quantitative estimate of drug-likeness (QED) is 0.365. The Morgan fingerprint density at radius 2 is 2.00 bits per heavy atom. The van der Waals surface area contributed by atoms with Crippen molar-refractivity contribution in [1.29, 1.82) is 0 Å². The van der Waals surface area contributed by atoms with E-state index < -0.39 is 0 Å².